The van der Waals surface area contributed by atoms with Crippen molar-refractivity contribution in [3.63, 3.8) is 0 Å². The van der Waals surface area contributed by atoms with Crippen LogP contribution in [0, 0.1) is 11.3 Å². The van der Waals surface area contributed by atoms with Crippen molar-refractivity contribution in [2.75, 3.05) is 20.1 Å². The van der Waals surface area contributed by atoms with Gasteiger partial charge in [0.1, 0.15) is 0 Å². The number of nitriles is 1. The van der Waals surface area contributed by atoms with Crippen LogP contribution in [-0.4, -0.2) is 42.1 Å². The summed E-state index contributed by atoms with van der Waals surface area (Å²) in [5.74, 6) is 0.0155. The maximum atomic E-state index is 11.9. The van der Waals surface area contributed by atoms with Crippen molar-refractivity contribution in [3.8, 4) is 6.07 Å². The van der Waals surface area contributed by atoms with Gasteiger partial charge in [-0.2, -0.15) is 5.26 Å². The number of rotatable bonds is 4. The molecule has 0 aromatic heterocycles. The normalized spacial score (nSPS) is 20.5. The summed E-state index contributed by atoms with van der Waals surface area (Å²) < 4.78 is 0. The van der Waals surface area contributed by atoms with Gasteiger partial charge < -0.3 is 10.4 Å². The summed E-state index contributed by atoms with van der Waals surface area (Å²) in [4.78, 5) is 14.0. The quantitative estimate of drug-likeness (QED) is 0.872. The lowest BCUT2D eigenvalue weighted by atomic mass is 9.99. The van der Waals surface area contributed by atoms with Crippen LogP contribution in [-0.2, 0) is 4.79 Å². The fourth-order valence-electron chi connectivity index (χ4n) is 2.78. The van der Waals surface area contributed by atoms with E-state index in [2.05, 4.69) is 11.4 Å². The number of amides is 1. The Balaban J connectivity index is 2.03. The second kappa shape index (κ2) is 7.21. The molecule has 1 amide bonds. The Morgan fingerprint density at radius 3 is 2.81 bits per heavy atom. The maximum Gasteiger partial charge on any atom is 0.237 e. The average Bonchev–Trinajstić information content (AvgIpc) is 2.54. The molecule has 112 valence electrons. The maximum absolute atomic E-state index is 11.9. The van der Waals surface area contributed by atoms with Crippen LogP contribution in [0.1, 0.15) is 36.5 Å². The van der Waals surface area contributed by atoms with E-state index in [-0.39, 0.29) is 11.9 Å². The SMILES string of the molecule is CNC(=O)C1CCCCN1CC(O)c1ccc(C#N)cc1. The number of benzene rings is 1. The number of nitrogens with one attached hydrogen (secondary N) is 1. The lowest BCUT2D eigenvalue weighted by molar-refractivity contribution is -0.127. The van der Waals surface area contributed by atoms with Gasteiger partial charge in [-0.05, 0) is 37.1 Å². The Hall–Kier alpha value is -1.90. The predicted molar refractivity (Wildman–Crippen MR) is 79.4 cm³/mol. The van der Waals surface area contributed by atoms with Gasteiger partial charge in [-0.1, -0.05) is 18.6 Å². The molecule has 0 radical (unpaired) electrons. The standard InChI is InChI=1S/C16H21N3O2/c1-18-16(21)14-4-2-3-9-19(14)11-15(20)13-7-5-12(10-17)6-8-13/h5-8,14-15,20H,2-4,9,11H2,1H3,(H,18,21). The van der Waals surface area contributed by atoms with Crippen LogP contribution in [0.25, 0.3) is 0 Å². The van der Waals surface area contributed by atoms with Crippen LogP contribution in [0.15, 0.2) is 24.3 Å². The minimum absolute atomic E-state index is 0.0155. The van der Waals surface area contributed by atoms with Gasteiger partial charge in [0.15, 0.2) is 0 Å². The van der Waals surface area contributed by atoms with Crippen LogP contribution >= 0.6 is 0 Å². The molecule has 21 heavy (non-hydrogen) atoms. The molecule has 5 nitrogen and oxygen atoms in total. The molecule has 0 saturated carbocycles. The number of β-amino-alcohol motifs (C(OH)–C–C–N with tert-alkyl or cyclic N) is 1. The number of piperidine rings is 1. The summed E-state index contributed by atoms with van der Waals surface area (Å²) in [6.45, 7) is 1.26. The highest BCUT2D eigenvalue weighted by molar-refractivity contribution is 5.81. The van der Waals surface area contributed by atoms with Crippen LogP contribution in [0.5, 0.6) is 0 Å². The molecular formula is C16H21N3O2. The highest BCUT2D eigenvalue weighted by Gasteiger charge is 2.29. The number of hydrogen-bond donors (Lipinski definition) is 2. The summed E-state index contributed by atoms with van der Waals surface area (Å²) in [7, 11) is 1.65. The third-order valence-corrected chi connectivity index (χ3v) is 3.99. The number of carbonyl (C=O) groups is 1. The molecule has 1 aromatic rings. The third-order valence-electron chi connectivity index (χ3n) is 3.99. The minimum Gasteiger partial charge on any atom is -0.387 e. The Morgan fingerprint density at radius 1 is 1.48 bits per heavy atom. The van der Waals surface area contributed by atoms with E-state index in [0.717, 1.165) is 31.4 Å². The van der Waals surface area contributed by atoms with E-state index >= 15 is 0 Å². The zero-order valence-electron chi connectivity index (χ0n) is 12.2. The largest absolute Gasteiger partial charge is 0.387 e. The summed E-state index contributed by atoms with van der Waals surface area (Å²) in [5, 5.41) is 21.8. The lowest BCUT2D eigenvalue weighted by Crippen LogP contribution is -2.49. The van der Waals surface area contributed by atoms with Crippen molar-refractivity contribution in [3.05, 3.63) is 35.4 Å². The molecule has 1 aliphatic heterocycles. The molecular weight excluding hydrogens is 266 g/mol. The fraction of sp³-hybridized carbons (Fsp3) is 0.500. The number of aliphatic hydroxyl groups excluding tert-OH is 1. The van der Waals surface area contributed by atoms with E-state index in [1.165, 1.54) is 0 Å². The van der Waals surface area contributed by atoms with Gasteiger partial charge in [0.05, 0.1) is 23.8 Å². The van der Waals surface area contributed by atoms with Crippen molar-refractivity contribution in [1.82, 2.24) is 10.2 Å². The molecule has 2 rings (SSSR count). The van der Waals surface area contributed by atoms with E-state index in [4.69, 9.17) is 5.26 Å². The highest BCUT2D eigenvalue weighted by atomic mass is 16.3. The first-order valence-electron chi connectivity index (χ1n) is 7.29. The predicted octanol–water partition coefficient (Wildman–Crippen LogP) is 1.19. The Labute approximate surface area is 125 Å². The van der Waals surface area contributed by atoms with Crippen LogP contribution in [0.4, 0.5) is 0 Å². The van der Waals surface area contributed by atoms with E-state index in [1.54, 1.807) is 31.3 Å². The Morgan fingerprint density at radius 2 is 2.19 bits per heavy atom. The molecule has 2 atom stereocenters. The number of nitrogens with zero attached hydrogens (tertiary/aromatic N) is 2. The van der Waals surface area contributed by atoms with Crippen LogP contribution < -0.4 is 5.32 Å². The molecule has 1 aliphatic rings. The smallest absolute Gasteiger partial charge is 0.237 e. The van der Waals surface area contributed by atoms with Gasteiger partial charge >= 0.3 is 0 Å². The molecule has 0 bridgehead atoms. The average molecular weight is 287 g/mol. The number of hydrogen-bond acceptors (Lipinski definition) is 4. The van der Waals surface area contributed by atoms with Crippen molar-refractivity contribution < 1.29 is 9.90 Å². The van der Waals surface area contributed by atoms with Gasteiger partial charge in [-0.15, -0.1) is 0 Å². The summed E-state index contributed by atoms with van der Waals surface area (Å²) in [6.07, 6.45) is 2.28. The lowest BCUT2D eigenvalue weighted by Gasteiger charge is -2.35. The van der Waals surface area contributed by atoms with E-state index in [0.29, 0.717) is 12.1 Å². The van der Waals surface area contributed by atoms with Crippen molar-refractivity contribution >= 4 is 5.91 Å². The highest BCUT2D eigenvalue weighted by Crippen LogP contribution is 2.22. The molecule has 5 heteroatoms. The molecule has 0 aliphatic carbocycles. The van der Waals surface area contributed by atoms with Gasteiger partial charge in [0.2, 0.25) is 5.91 Å². The second-order valence-electron chi connectivity index (χ2n) is 5.37. The van der Waals surface area contributed by atoms with Gasteiger partial charge in [-0.25, -0.2) is 0 Å². The second-order valence-corrected chi connectivity index (χ2v) is 5.37. The first-order chi connectivity index (χ1) is 10.2. The summed E-state index contributed by atoms with van der Waals surface area (Å²) in [6, 6.07) is 8.83. The fourth-order valence-corrected chi connectivity index (χ4v) is 2.78. The minimum atomic E-state index is -0.650. The zero-order valence-corrected chi connectivity index (χ0v) is 12.2. The van der Waals surface area contributed by atoms with E-state index in [9.17, 15) is 9.90 Å². The molecule has 0 spiro atoms. The topological polar surface area (TPSA) is 76.4 Å². The summed E-state index contributed by atoms with van der Waals surface area (Å²) in [5.41, 5.74) is 1.35. The zero-order chi connectivity index (χ0) is 15.2. The molecule has 1 aromatic carbocycles. The van der Waals surface area contributed by atoms with Gasteiger partial charge in [-0.3, -0.25) is 9.69 Å². The monoisotopic (exact) mass is 287 g/mol. The third kappa shape index (κ3) is 3.81. The van der Waals surface area contributed by atoms with Crippen molar-refractivity contribution in [1.29, 1.82) is 5.26 Å². The van der Waals surface area contributed by atoms with E-state index in [1.807, 2.05) is 4.90 Å². The molecule has 1 heterocycles. The first kappa shape index (κ1) is 15.5. The van der Waals surface area contributed by atoms with Gasteiger partial charge in [0, 0.05) is 13.6 Å². The molecule has 2 unspecified atom stereocenters. The molecule has 2 N–H and O–H groups in total. The molecule has 1 saturated heterocycles. The molecule has 1 fully saturated rings. The van der Waals surface area contributed by atoms with Crippen LogP contribution in [0.3, 0.4) is 0 Å². The Bertz CT molecular complexity index is 521. The summed E-state index contributed by atoms with van der Waals surface area (Å²) >= 11 is 0. The van der Waals surface area contributed by atoms with Gasteiger partial charge in [0.25, 0.3) is 0 Å². The van der Waals surface area contributed by atoms with Crippen LogP contribution in [0.2, 0.25) is 0 Å². The van der Waals surface area contributed by atoms with Crippen molar-refractivity contribution in [2.45, 2.75) is 31.4 Å². The van der Waals surface area contributed by atoms with E-state index < -0.39 is 6.10 Å². The Kier molecular flexibility index (Phi) is 5.32. The first-order valence-corrected chi connectivity index (χ1v) is 7.29. The number of likely N-dealkylation sites (N-methyl/N-ethyl adjacent to an activating group) is 1. The number of carbonyl (C=O) groups excluding carboxylic acids is 1. The van der Waals surface area contributed by atoms with Crippen molar-refractivity contribution in [2.24, 2.45) is 0 Å². The number of likely N-dealkylation sites (tertiary alicyclic amines) is 1. The number of aliphatic hydroxyl groups is 1.